The number of hydrogen-bond donors (Lipinski definition) is 0. The maximum Gasteiger partial charge on any atom is 0.222 e. The molecule has 0 atom stereocenters. The van der Waals surface area contributed by atoms with Crippen molar-refractivity contribution in [2.75, 3.05) is 7.05 Å². The number of amides is 1. The molecule has 0 unspecified atom stereocenters. The zero-order chi connectivity index (χ0) is 9.68. The Morgan fingerprint density at radius 1 is 1.38 bits per heavy atom. The number of carbonyl (C=O) groups excluding carboxylic acids is 1. The van der Waals surface area contributed by atoms with Gasteiger partial charge in [-0.25, -0.2) is 0 Å². The number of nitrogens with zero attached hydrogens (tertiary/aromatic N) is 1. The standard InChI is InChI=1S/C11H20NO/c1-3-7-11(13)12(2)10-8-5-4-6-9-10/h10H,1,3-9H2,2H3. The predicted octanol–water partition coefficient (Wildman–Crippen LogP) is 2.39. The first-order chi connectivity index (χ1) is 6.25. The molecule has 1 saturated carbocycles. The summed E-state index contributed by atoms with van der Waals surface area (Å²) in [6.07, 6.45) is 7.62. The van der Waals surface area contributed by atoms with Crippen molar-refractivity contribution in [3.05, 3.63) is 6.92 Å². The van der Waals surface area contributed by atoms with Gasteiger partial charge in [-0.15, -0.1) is 0 Å². The second-order valence-electron chi connectivity index (χ2n) is 3.90. The minimum Gasteiger partial charge on any atom is -0.343 e. The summed E-state index contributed by atoms with van der Waals surface area (Å²) in [6.45, 7) is 3.71. The third kappa shape index (κ3) is 3.02. The summed E-state index contributed by atoms with van der Waals surface area (Å²) in [5, 5.41) is 0. The highest BCUT2D eigenvalue weighted by Crippen LogP contribution is 2.22. The van der Waals surface area contributed by atoms with E-state index in [9.17, 15) is 4.79 Å². The molecule has 0 aromatic carbocycles. The van der Waals surface area contributed by atoms with Crippen LogP contribution in [0.5, 0.6) is 0 Å². The van der Waals surface area contributed by atoms with Crippen LogP contribution >= 0.6 is 0 Å². The highest BCUT2D eigenvalue weighted by Gasteiger charge is 2.20. The van der Waals surface area contributed by atoms with Gasteiger partial charge in [0.1, 0.15) is 0 Å². The van der Waals surface area contributed by atoms with Gasteiger partial charge in [-0.3, -0.25) is 4.79 Å². The van der Waals surface area contributed by atoms with E-state index in [1.807, 2.05) is 11.9 Å². The van der Waals surface area contributed by atoms with Gasteiger partial charge in [-0.2, -0.15) is 0 Å². The number of carbonyl (C=O) groups is 1. The SMILES string of the molecule is [CH2]CCC(=O)N(C)C1CCCCC1. The van der Waals surface area contributed by atoms with Gasteiger partial charge in [-0.1, -0.05) is 26.2 Å². The van der Waals surface area contributed by atoms with Crippen LogP contribution in [-0.4, -0.2) is 23.9 Å². The molecule has 0 saturated heterocycles. The summed E-state index contributed by atoms with van der Waals surface area (Å²) in [7, 11) is 1.94. The fraction of sp³-hybridized carbons (Fsp3) is 0.818. The van der Waals surface area contributed by atoms with E-state index in [1.54, 1.807) is 0 Å². The fourth-order valence-electron chi connectivity index (χ4n) is 2.00. The van der Waals surface area contributed by atoms with E-state index in [0.29, 0.717) is 12.5 Å². The minimum absolute atomic E-state index is 0.266. The number of rotatable bonds is 3. The summed E-state index contributed by atoms with van der Waals surface area (Å²) in [6, 6.07) is 0.507. The van der Waals surface area contributed by atoms with Crippen molar-refractivity contribution in [3.63, 3.8) is 0 Å². The lowest BCUT2D eigenvalue weighted by Gasteiger charge is -2.31. The molecule has 0 aliphatic heterocycles. The van der Waals surface area contributed by atoms with Crippen LogP contribution in [0.25, 0.3) is 0 Å². The van der Waals surface area contributed by atoms with E-state index >= 15 is 0 Å². The smallest absolute Gasteiger partial charge is 0.222 e. The van der Waals surface area contributed by atoms with E-state index in [4.69, 9.17) is 0 Å². The van der Waals surface area contributed by atoms with Gasteiger partial charge in [-0.05, 0) is 19.3 Å². The molecule has 2 heteroatoms. The second kappa shape index (κ2) is 5.25. The molecule has 0 spiro atoms. The Bertz CT molecular complexity index is 161. The Hall–Kier alpha value is -0.530. The molecule has 13 heavy (non-hydrogen) atoms. The van der Waals surface area contributed by atoms with Crippen LogP contribution < -0.4 is 0 Å². The van der Waals surface area contributed by atoms with E-state index in [1.165, 1.54) is 32.1 Å². The first-order valence-electron chi connectivity index (χ1n) is 5.30. The zero-order valence-electron chi connectivity index (χ0n) is 8.59. The van der Waals surface area contributed by atoms with Crippen molar-refractivity contribution in [1.82, 2.24) is 4.90 Å². The van der Waals surface area contributed by atoms with Crippen LogP contribution in [0.15, 0.2) is 0 Å². The van der Waals surface area contributed by atoms with E-state index in [-0.39, 0.29) is 5.91 Å². The average molecular weight is 182 g/mol. The van der Waals surface area contributed by atoms with Crippen LogP contribution in [-0.2, 0) is 4.79 Å². The Balaban J connectivity index is 2.35. The van der Waals surface area contributed by atoms with Gasteiger partial charge < -0.3 is 4.90 Å². The van der Waals surface area contributed by atoms with Crippen LogP contribution in [0.3, 0.4) is 0 Å². The fourth-order valence-corrected chi connectivity index (χ4v) is 2.00. The van der Waals surface area contributed by atoms with Crippen molar-refractivity contribution in [2.45, 2.75) is 51.0 Å². The summed E-state index contributed by atoms with van der Waals surface area (Å²) in [5.74, 6) is 0.266. The highest BCUT2D eigenvalue weighted by atomic mass is 16.2. The van der Waals surface area contributed by atoms with Gasteiger partial charge in [0.25, 0.3) is 0 Å². The maximum atomic E-state index is 11.5. The largest absolute Gasteiger partial charge is 0.343 e. The van der Waals surface area contributed by atoms with Crippen LogP contribution in [0.4, 0.5) is 0 Å². The van der Waals surface area contributed by atoms with E-state index in [2.05, 4.69) is 6.92 Å². The molecule has 0 aromatic rings. The molecule has 0 heterocycles. The lowest BCUT2D eigenvalue weighted by molar-refractivity contribution is -0.132. The molecule has 75 valence electrons. The lowest BCUT2D eigenvalue weighted by atomic mass is 9.94. The molecular weight excluding hydrogens is 162 g/mol. The Labute approximate surface area is 81.3 Å². The molecule has 2 nitrogen and oxygen atoms in total. The van der Waals surface area contributed by atoms with Crippen LogP contribution in [0.2, 0.25) is 0 Å². The van der Waals surface area contributed by atoms with E-state index < -0.39 is 0 Å². The summed E-state index contributed by atoms with van der Waals surface area (Å²) < 4.78 is 0. The van der Waals surface area contributed by atoms with Gasteiger partial charge >= 0.3 is 0 Å². The molecule has 0 bridgehead atoms. The van der Waals surface area contributed by atoms with Crippen molar-refractivity contribution in [2.24, 2.45) is 0 Å². The van der Waals surface area contributed by atoms with Crippen molar-refractivity contribution in [1.29, 1.82) is 0 Å². The van der Waals surface area contributed by atoms with Crippen LogP contribution in [0, 0.1) is 6.92 Å². The first kappa shape index (κ1) is 10.6. The van der Waals surface area contributed by atoms with Gasteiger partial charge in [0.2, 0.25) is 5.91 Å². The zero-order valence-corrected chi connectivity index (χ0v) is 8.59. The maximum absolute atomic E-state index is 11.5. The monoisotopic (exact) mass is 182 g/mol. The molecular formula is C11H20NO. The van der Waals surface area contributed by atoms with Crippen LogP contribution in [0.1, 0.15) is 44.9 Å². The van der Waals surface area contributed by atoms with Gasteiger partial charge in [0.15, 0.2) is 0 Å². The molecule has 1 aliphatic carbocycles. The predicted molar refractivity (Wildman–Crippen MR) is 54.2 cm³/mol. The molecule has 1 fully saturated rings. The third-order valence-electron chi connectivity index (χ3n) is 2.91. The second-order valence-corrected chi connectivity index (χ2v) is 3.90. The molecule has 1 amide bonds. The molecule has 0 N–H and O–H groups in total. The highest BCUT2D eigenvalue weighted by molar-refractivity contribution is 5.76. The normalized spacial score (nSPS) is 18.6. The summed E-state index contributed by atoms with van der Waals surface area (Å²) >= 11 is 0. The van der Waals surface area contributed by atoms with Crippen molar-refractivity contribution < 1.29 is 4.79 Å². The average Bonchev–Trinajstić information content (AvgIpc) is 2.18. The Morgan fingerprint density at radius 2 is 2.00 bits per heavy atom. The van der Waals surface area contributed by atoms with Crippen molar-refractivity contribution >= 4 is 5.91 Å². The molecule has 1 radical (unpaired) electrons. The van der Waals surface area contributed by atoms with Gasteiger partial charge in [0, 0.05) is 19.5 Å². The molecule has 0 aromatic heterocycles. The first-order valence-corrected chi connectivity index (χ1v) is 5.30. The Kier molecular flexibility index (Phi) is 4.26. The topological polar surface area (TPSA) is 20.3 Å². The Morgan fingerprint density at radius 3 is 2.54 bits per heavy atom. The molecule has 1 rings (SSSR count). The quantitative estimate of drug-likeness (QED) is 0.656. The third-order valence-corrected chi connectivity index (χ3v) is 2.91. The molecule has 1 aliphatic rings. The lowest BCUT2D eigenvalue weighted by Crippen LogP contribution is -2.38. The summed E-state index contributed by atoms with van der Waals surface area (Å²) in [5.41, 5.74) is 0. The minimum atomic E-state index is 0.266. The van der Waals surface area contributed by atoms with E-state index in [0.717, 1.165) is 6.42 Å². The van der Waals surface area contributed by atoms with Gasteiger partial charge in [0.05, 0.1) is 0 Å². The summed E-state index contributed by atoms with van der Waals surface area (Å²) in [4.78, 5) is 13.5. The van der Waals surface area contributed by atoms with Crippen molar-refractivity contribution in [3.8, 4) is 0 Å². The number of hydrogen-bond acceptors (Lipinski definition) is 1.